The van der Waals surface area contributed by atoms with Gasteiger partial charge in [0.05, 0.1) is 11.3 Å². The molecule has 2 heterocycles. The predicted octanol–water partition coefficient (Wildman–Crippen LogP) is 3.77. The molecule has 110 valence electrons. The van der Waals surface area contributed by atoms with E-state index in [-0.39, 0.29) is 5.75 Å². The summed E-state index contributed by atoms with van der Waals surface area (Å²) in [5, 5.41) is 8.86. The Hall–Kier alpha value is -3.01. The summed E-state index contributed by atoms with van der Waals surface area (Å²) in [5.41, 5.74) is 2.04. The van der Waals surface area contributed by atoms with Crippen LogP contribution in [0, 0.1) is 11.3 Å². The summed E-state index contributed by atoms with van der Waals surface area (Å²) in [7, 11) is 0. The average molecular weight is 303 g/mol. The number of halogens is 3. The van der Waals surface area contributed by atoms with Crippen molar-refractivity contribution in [2.45, 2.75) is 6.36 Å². The number of ether oxygens (including phenoxy) is 1. The van der Waals surface area contributed by atoms with Crippen molar-refractivity contribution in [2.24, 2.45) is 0 Å². The molecule has 2 aromatic heterocycles. The number of rotatable bonds is 2. The Kier molecular flexibility index (Phi) is 3.22. The molecule has 0 amide bonds. The van der Waals surface area contributed by atoms with Gasteiger partial charge in [-0.05, 0) is 24.3 Å². The van der Waals surface area contributed by atoms with Crippen LogP contribution in [0.1, 0.15) is 5.56 Å². The van der Waals surface area contributed by atoms with E-state index in [0.717, 1.165) is 0 Å². The lowest BCUT2D eigenvalue weighted by Gasteiger charge is -2.09. The van der Waals surface area contributed by atoms with Crippen LogP contribution in [0.3, 0.4) is 0 Å². The second-order valence-corrected chi connectivity index (χ2v) is 4.50. The zero-order valence-electron chi connectivity index (χ0n) is 11.0. The van der Waals surface area contributed by atoms with Crippen LogP contribution >= 0.6 is 0 Å². The third kappa shape index (κ3) is 2.86. The van der Waals surface area contributed by atoms with E-state index in [1.54, 1.807) is 35.0 Å². The van der Waals surface area contributed by atoms with Crippen molar-refractivity contribution in [1.82, 2.24) is 9.38 Å². The van der Waals surface area contributed by atoms with Gasteiger partial charge in [-0.3, -0.25) is 0 Å². The minimum Gasteiger partial charge on any atom is -0.406 e. The number of pyridine rings is 1. The Bertz CT molecular complexity index is 878. The first kappa shape index (κ1) is 13.9. The SMILES string of the molecule is N#Cc1ccc2nc(-c3cccc(OC(F)(F)F)c3)cn2c1. The summed E-state index contributed by atoms with van der Waals surface area (Å²) >= 11 is 0. The fourth-order valence-corrected chi connectivity index (χ4v) is 2.05. The smallest absolute Gasteiger partial charge is 0.406 e. The first-order valence-electron chi connectivity index (χ1n) is 6.20. The lowest BCUT2D eigenvalue weighted by molar-refractivity contribution is -0.274. The zero-order valence-corrected chi connectivity index (χ0v) is 11.0. The Labute approximate surface area is 123 Å². The molecule has 0 bridgehead atoms. The maximum Gasteiger partial charge on any atom is 0.573 e. The highest BCUT2D eigenvalue weighted by atomic mass is 19.4. The van der Waals surface area contributed by atoms with Crippen molar-refractivity contribution < 1.29 is 17.9 Å². The molecule has 0 aliphatic heterocycles. The quantitative estimate of drug-likeness (QED) is 0.724. The molecule has 0 unspecified atom stereocenters. The molecular weight excluding hydrogens is 295 g/mol. The van der Waals surface area contributed by atoms with Gasteiger partial charge in [0.25, 0.3) is 0 Å². The highest BCUT2D eigenvalue weighted by molar-refractivity contribution is 5.64. The van der Waals surface area contributed by atoms with Crippen LogP contribution in [0.4, 0.5) is 13.2 Å². The first-order chi connectivity index (χ1) is 10.4. The van der Waals surface area contributed by atoms with Crippen LogP contribution in [-0.4, -0.2) is 15.7 Å². The molecule has 3 rings (SSSR count). The predicted molar refractivity (Wildman–Crippen MR) is 72.0 cm³/mol. The number of nitriles is 1. The minimum absolute atomic E-state index is 0.306. The molecule has 0 spiro atoms. The Balaban J connectivity index is 2.00. The lowest BCUT2D eigenvalue weighted by Crippen LogP contribution is -2.17. The summed E-state index contributed by atoms with van der Waals surface area (Å²) in [6.07, 6.45) is -1.50. The number of hydrogen-bond donors (Lipinski definition) is 0. The number of aromatic nitrogens is 2. The number of imidazole rings is 1. The summed E-state index contributed by atoms with van der Waals surface area (Å²) in [6, 6.07) is 10.9. The van der Waals surface area contributed by atoms with E-state index in [2.05, 4.69) is 9.72 Å². The lowest BCUT2D eigenvalue weighted by atomic mass is 10.1. The average Bonchev–Trinajstić information content (AvgIpc) is 2.88. The molecule has 0 radical (unpaired) electrons. The molecule has 22 heavy (non-hydrogen) atoms. The summed E-state index contributed by atoms with van der Waals surface area (Å²) < 4.78 is 42.3. The van der Waals surface area contributed by atoms with Crippen LogP contribution in [0.25, 0.3) is 16.9 Å². The van der Waals surface area contributed by atoms with Gasteiger partial charge in [0.2, 0.25) is 0 Å². The summed E-state index contributed by atoms with van der Waals surface area (Å²) in [4.78, 5) is 4.31. The number of fused-ring (bicyclic) bond motifs is 1. The van der Waals surface area contributed by atoms with Gasteiger partial charge < -0.3 is 9.14 Å². The number of benzene rings is 1. The Morgan fingerprint density at radius 2 is 1.95 bits per heavy atom. The molecule has 0 saturated carbocycles. The molecule has 0 N–H and O–H groups in total. The van der Waals surface area contributed by atoms with E-state index in [0.29, 0.717) is 22.5 Å². The van der Waals surface area contributed by atoms with E-state index < -0.39 is 6.36 Å². The van der Waals surface area contributed by atoms with Crippen LogP contribution in [-0.2, 0) is 0 Å². The van der Waals surface area contributed by atoms with Crippen molar-refractivity contribution in [2.75, 3.05) is 0 Å². The maximum absolute atomic E-state index is 12.3. The first-order valence-corrected chi connectivity index (χ1v) is 6.20. The van der Waals surface area contributed by atoms with Gasteiger partial charge in [0.1, 0.15) is 17.5 Å². The highest BCUT2D eigenvalue weighted by Crippen LogP contribution is 2.27. The maximum atomic E-state index is 12.3. The molecule has 0 aliphatic rings. The fraction of sp³-hybridized carbons (Fsp3) is 0.0667. The van der Waals surface area contributed by atoms with E-state index in [1.165, 1.54) is 18.2 Å². The number of alkyl halides is 3. The van der Waals surface area contributed by atoms with Crippen molar-refractivity contribution in [3.63, 3.8) is 0 Å². The van der Waals surface area contributed by atoms with E-state index in [1.807, 2.05) is 6.07 Å². The normalized spacial score (nSPS) is 11.4. The molecule has 0 atom stereocenters. The third-order valence-electron chi connectivity index (χ3n) is 2.94. The molecule has 0 aliphatic carbocycles. The molecular formula is C15H8F3N3O. The van der Waals surface area contributed by atoms with Crippen LogP contribution in [0.2, 0.25) is 0 Å². The second-order valence-electron chi connectivity index (χ2n) is 4.50. The van der Waals surface area contributed by atoms with Gasteiger partial charge in [0, 0.05) is 18.0 Å². The molecule has 0 fully saturated rings. The highest BCUT2D eigenvalue weighted by Gasteiger charge is 2.31. The Morgan fingerprint density at radius 1 is 1.14 bits per heavy atom. The monoisotopic (exact) mass is 303 g/mol. The molecule has 3 aromatic rings. The summed E-state index contributed by atoms with van der Waals surface area (Å²) in [5.74, 6) is -0.306. The van der Waals surface area contributed by atoms with Gasteiger partial charge in [0.15, 0.2) is 0 Å². The fourth-order valence-electron chi connectivity index (χ4n) is 2.05. The summed E-state index contributed by atoms with van der Waals surface area (Å²) in [6.45, 7) is 0. The Morgan fingerprint density at radius 3 is 2.68 bits per heavy atom. The van der Waals surface area contributed by atoms with Gasteiger partial charge in [-0.25, -0.2) is 4.98 Å². The molecule has 7 heteroatoms. The van der Waals surface area contributed by atoms with Gasteiger partial charge in [-0.15, -0.1) is 13.2 Å². The zero-order chi connectivity index (χ0) is 15.7. The van der Waals surface area contributed by atoms with Crippen molar-refractivity contribution in [3.8, 4) is 23.1 Å². The second kappa shape index (κ2) is 5.07. The minimum atomic E-state index is -4.74. The van der Waals surface area contributed by atoms with Gasteiger partial charge in [-0.2, -0.15) is 5.26 Å². The number of hydrogen-bond acceptors (Lipinski definition) is 3. The largest absolute Gasteiger partial charge is 0.573 e. The topological polar surface area (TPSA) is 50.3 Å². The van der Waals surface area contributed by atoms with Crippen LogP contribution < -0.4 is 4.74 Å². The number of nitrogens with zero attached hydrogens (tertiary/aromatic N) is 3. The molecule has 0 saturated heterocycles. The van der Waals surface area contributed by atoms with Gasteiger partial charge in [-0.1, -0.05) is 12.1 Å². The van der Waals surface area contributed by atoms with E-state index in [9.17, 15) is 13.2 Å². The third-order valence-corrected chi connectivity index (χ3v) is 2.94. The van der Waals surface area contributed by atoms with Crippen molar-refractivity contribution in [3.05, 3.63) is 54.4 Å². The van der Waals surface area contributed by atoms with E-state index in [4.69, 9.17) is 5.26 Å². The van der Waals surface area contributed by atoms with Crippen molar-refractivity contribution >= 4 is 5.65 Å². The standard InChI is InChI=1S/C15H8F3N3O/c16-15(17,18)22-12-3-1-2-11(6-12)13-9-21-8-10(7-19)4-5-14(21)20-13/h1-6,8-9H. The van der Waals surface area contributed by atoms with Gasteiger partial charge >= 0.3 is 6.36 Å². The van der Waals surface area contributed by atoms with Crippen molar-refractivity contribution in [1.29, 1.82) is 5.26 Å². The molecule has 1 aromatic carbocycles. The van der Waals surface area contributed by atoms with E-state index >= 15 is 0 Å². The van der Waals surface area contributed by atoms with Crippen LogP contribution in [0.15, 0.2) is 48.8 Å². The molecule has 4 nitrogen and oxygen atoms in total. The van der Waals surface area contributed by atoms with Crippen LogP contribution in [0.5, 0.6) is 5.75 Å².